The Labute approximate surface area is 172 Å². The van der Waals surface area contributed by atoms with Crippen LogP contribution in [0, 0.1) is 10.1 Å². The molecule has 1 amide bonds. The standard InChI is InChI=1S/C16H10Cl3N3O4S/c17-16(18,19)14(27-15-20-10-6-2-4-8-12(10)26-15)21-13(23)9-5-1-3-7-11(9)22(24)25/h1-8,14H,(H,21,23)/t14-/m0/s1. The number of fused-ring (bicyclic) bond motifs is 1. The summed E-state index contributed by atoms with van der Waals surface area (Å²) in [5.74, 6) is -0.762. The van der Waals surface area contributed by atoms with E-state index < -0.39 is 20.0 Å². The van der Waals surface area contributed by atoms with Crippen LogP contribution in [0.2, 0.25) is 0 Å². The number of nitrogens with zero attached hydrogens (tertiary/aromatic N) is 2. The highest BCUT2D eigenvalue weighted by atomic mass is 35.6. The SMILES string of the molecule is O=C(N[C@@H](Sc1nc2ccccc2o1)C(Cl)(Cl)Cl)c1ccccc1[N+](=O)[O-]. The molecule has 0 fully saturated rings. The smallest absolute Gasteiger partial charge is 0.282 e. The molecule has 0 unspecified atom stereocenters. The number of rotatable bonds is 5. The van der Waals surface area contributed by atoms with Gasteiger partial charge in [0, 0.05) is 6.07 Å². The molecule has 3 aromatic rings. The van der Waals surface area contributed by atoms with Crippen molar-refractivity contribution in [2.24, 2.45) is 0 Å². The highest BCUT2D eigenvalue weighted by Crippen LogP contribution is 2.40. The molecular weight excluding hydrogens is 437 g/mol. The molecular formula is C16H10Cl3N3O4S. The number of amides is 1. The summed E-state index contributed by atoms with van der Waals surface area (Å²) in [5.41, 5.74) is 0.631. The topological polar surface area (TPSA) is 98.3 Å². The van der Waals surface area contributed by atoms with Crippen LogP contribution >= 0.6 is 46.6 Å². The van der Waals surface area contributed by atoms with Gasteiger partial charge in [-0.25, -0.2) is 4.98 Å². The van der Waals surface area contributed by atoms with Gasteiger partial charge in [-0.1, -0.05) is 59.1 Å². The third kappa shape index (κ3) is 4.65. The first-order valence-corrected chi connectivity index (χ1v) is 9.40. The third-order valence-corrected chi connectivity index (χ3v) is 5.52. The van der Waals surface area contributed by atoms with E-state index in [2.05, 4.69) is 10.3 Å². The van der Waals surface area contributed by atoms with E-state index in [0.717, 1.165) is 11.8 Å². The zero-order valence-electron chi connectivity index (χ0n) is 13.3. The molecule has 0 aliphatic rings. The molecule has 0 saturated carbocycles. The predicted molar refractivity (Wildman–Crippen MR) is 105 cm³/mol. The molecule has 1 N–H and O–H groups in total. The molecule has 3 rings (SSSR count). The number of aromatic nitrogens is 1. The number of hydrogen-bond acceptors (Lipinski definition) is 6. The number of alkyl halides is 3. The number of benzene rings is 2. The van der Waals surface area contributed by atoms with Gasteiger partial charge in [-0.2, -0.15) is 0 Å². The number of carbonyl (C=O) groups is 1. The lowest BCUT2D eigenvalue weighted by atomic mass is 10.1. The number of para-hydroxylation sites is 3. The molecule has 140 valence electrons. The van der Waals surface area contributed by atoms with Crippen LogP contribution < -0.4 is 5.32 Å². The van der Waals surface area contributed by atoms with Crippen molar-refractivity contribution in [1.29, 1.82) is 0 Å². The minimum atomic E-state index is -1.93. The zero-order valence-corrected chi connectivity index (χ0v) is 16.3. The Balaban J connectivity index is 1.85. The van der Waals surface area contributed by atoms with Crippen LogP contribution in [-0.2, 0) is 0 Å². The van der Waals surface area contributed by atoms with Crippen LogP contribution in [0.5, 0.6) is 0 Å². The summed E-state index contributed by atoms with van der Waals surface area (Å²) in [5, 5.41) is 12.7. The Bertz CT molecular complexity index is 973. The van der Waals surface area contributed by atoms with Gasteiger partial charge in [-0.3, -0.25) is 14.9 Å². The molecule has 0 saturated heterocycles. The Morgan fingerprint density at radius 2 is 1.85 bits per heavy atom. The lowest BCUT2D eigenvalue weighted by Crippen LogP contribution is -2.41. The van der Waals surface area contributed by atoms with Crippen molar-refractivity contribution in [2.45, 2.75) is 14.4 Å². The van der Waals surface area contributed by atoms with Gasteiger partial charge < -0.3 is 9.73 Å². The van der Waals surface area contributed by atoms with Gasteiger partial charge in [0.2, 0.25) is 3.79 Å². The summed E-state index contributed by atoms with van der Waals surface area (Å²) in [6.45, 7) is 0. The van der Waals surface area contributed by atoms with Gasteiger partial charge in [0.05, 0.1) is 4.92 Å². The fourth-order valence-corrected chi connectivity index (χ4v) is 3.56. The van der Waals surface area contributed by atoms with Crippen LogP contribution in [0.4, 0.5) is 5.69 Å². The molecule has 27 heavy (non-hydrogen) atoms. The molecule has 1 aromatic heterocycles. The summed E-state index contributed by atoms with van der Waals surface area (Å²) in [7, 11) is 0. The molecule has 11 heteroatoms. The first-order chi connectivity index (χ1) is 12.8. The molecule has 1 atom stereocenters. The fourth-order valence-electron chi connectivity index (χ4n) is 2.20. The van der Waals surface area contributed by atoms with Crippen molar-refractivity contribution in [3.05, 3.63) is 64.2 Å². The fraction of sp³-hybridized carbons (Fsp3) is 0.125. The highest BCUT2D eigenvalue weighted by molar-refractivity contribution is 8.00. The van der Waals surface area contributed by atoms with Crippen molar-refractivity contribution < 1.29 is 14.1 Å². The van der Waals surface area contributed by atoms with Crippen LogP contribution in [0.15, 0.2) is 58.2 Å². The van der Waals surface area contributed by atoms with Gasteiger partial charge in [0.1, 0.15) is 16.5 Å². The monoisotopic (exact) mass is 445 g/mol. The summed E-state index contributed by atoms with van der Waals surface area (Å²) in [6, 6.07) is 12.5. The maximum Gasteiger partial charge on any atom is 0.282 e. The van der Waals surface area contributed by atoms with Crippen LogP contribution in [0.3, 0.4) is 0 Å². The number of nitrogens with one attached hydrogen (secondary N) is 1. The first-order valence-electron chi connectivity index (χ1n) is 7.39. The van der Waals surface area contributed by atoms with E-state index in [4.69, 9.17) is 39.2 Å². The average Bonchev–Trinajstić information content (AvgIpc) is 3.02. The van der Waals surface area contributed by atoms with Crippen molar-refractivity contribution in [3.8, 4) is 0 Å². The van der Waals surface area contributed by atoms with E-state index in [0.29, 0.717) is 11.1 Å². The minimum absolute atomic E-state index is 0.153. The van der Waals surface area contributed by atoms with E-state index in [1.807, 2.05) is 0 Å². The number of carbonyl (C=O) groups excluding carboxylic acids is 1. The Kier molecular flexibility index (Phi) is 5.81. The van der Waals surface area contributed by atoms with E-state index in [-0.39, 0.29) is 16.5 Å². The predicted octanol–water partition coefficient (Wildman–Crippen LogP) is 4.95. The van der Waals surface area contributed by atoms with E-state index in [1.165, 1.54) is 24.3 Å². The Hall–Kier alpha value is -2.00. The normalized spacial score (nSPS) is 12.7. The van der Waals surface area contributed by atoms with Gasteiger partial charge in [0.15, 0.2) is 5.58 Å². The molecule has 0 spiro atoms. The second kappa shape index (κ2) is 7.93. The number of oxazole rings is 1. The number of nitro benzene ring substituents is 1. The highest BCUT2D eigenvalue weighted by Gasteiger charge is 2.37. The zero-order chi connectivity index (χ0) is 19.6. The Morgan fingerprint density at radius 3 is 2.52 bits per heavy atom. The maximum atomic E-state index is 12.5. The largest absolute Gasteiger partial charge is 0.431 e. The molecule has 1 heterocycles. The average molecular weight is 447 g/mol. The van der Waals surface area contributed by atoms with Crippen LogP contribution in [0.25, 0.3) is 11.1 Å². The van der Waals surface area contributed by atoms with E-state index in [9.17, 15) is 14.9 Å². The summed E-state index contributed by atoms with van der Waals surface area (Å²) in [6.07, 6.45) is 0. The molecule has 0 bridgehead atoms. The lowest BCUT2D eigenvalue weighted by molar-refractivity contribution is -0.385. The number of hydrogen-bond donors (Lipinski definition) is 1. The maximum absolute atomic E-state index is 12.5. The summed E-state index contributed by atoms with van der Waals surface area (Å²) >= 11 is 18.8. The summed E-state index contributed by atoms with van der Waals surface area (Å²) < 4.78 is 3.63. The lowest BCUT2D eigenvalue weighted by Gasteiger charge is -2.23. The van der Waals surface area contributed by atoms with E-state index in [1.54, 1.807) is 24.3 Å². The number of thioether (sulfide) groups is 1. The first kappa shape index (κ1) is 19.8. The van der Waals surface area contributed by atoms with E-state index >= 15 is 0 Å². The minimum Gasteiger partial charge on any atom is -0.431 e. The molecule has 7 nitrogen and oxygen atoms in total. The quantitative estimate of drug-likeness (QED) is 0.196. The van der Waals surface area contributed by atoms with Gasteiger partial charge in [0.25, 0.3) is 16.8 Å². The van der Waals surface area contributed by atoms with Gasteiger partial charge >= 0.3 is 0 Å². The van der Waals surface area contributed by atoms with Gasteiger partial charge in [-0.05, 0) is 30.0 Å². The van der Waals surface area contributed by atoms with Crippen molar-refractivity contribution in [1.82, 2.24) is 10.3 Å². The van der Waals surface area contributed by atoms with Crippen molar-refractivity contribution in [2.75, 3.05) is 0 Å². The Morgan fingerprint density at radius 1 is 1.19 bits per heavy atom. The van der Waals surface area contributed by atoms with Gasteiger partial charge in [-0.15, -0.1) is 0 Å². The van der Waals surface area contributed by atoms with Crippen LogP contribution in [-0.4, -0.2) is 25.0 Å². The molecule has 0 radical (unpaired) electrons. The van der Waals surface area contributed by atoms with Crippen molar-refractivity contribution in [3.63, 3.8) is 0 Å². The second-order valence-electron chi connectivity index (χ2n) is 5.23. The number of nitro groups is 1. The second-order valence-corrected chi connectivity index (χ2v) is 8.66. The molecule has 0 aliphatic heterocycles. The molecule has 0 aliphatic carbocycles. The molecule has 2 aromatic carbocycles. The summed E-state index contributed by atoms with van der Waals surface area (Å²) in [4.78, 5) is 27.2. The van der Waals surface area contributed by atoms with Crippen molar-refractivity contribution >= 4 is 69.3 Å². The third-order valence-electron chi connectivity index (χ3n) is 3.40. The van der Waals surface area contributed by atoms with Crippen LogP contribution in [0.1, 0.15) is 10.4 Å². The number of halogens is 3.